The monoisotopic (exact) mass is 356 g/mol. The van der Waals surface area contributed by atoms with Gasteiger partial charge in [-0.05, 0) is 41.4 Å². The summed E-state index contributed by atoms with van der Waals surface area (Å²) < 4.78 is 0. The highest BCUT2D eigenvalue weighted by atomic mass is 32.1. The molecule has 0 fully saturated rings. The van der Waals surface area contributed by atoms with Crippen molar-refractivity contribution in [1.82, 2.24) is 5.32 Å². The fourth-order valence-electron chi connectivity index (χ4n) is 2.23. The summed E-state index contributed by atoms with van der Waals surface area (Å²) in [6, 6.07) is 14.7. The van der Waals surface area contributed by atoms with Crippen LogP contribution in [0.25, 0.3) is 0 Å². The number of amides is 2. The number of carbonyl (C=O) groups is 2. The zero-order valence-corrected chi connectivity index (χ0v) is 14.5. The van der Waals surface area contributed by atoms with Gasteiger partial charge in [0.25, 0.3) is 11.8 Å². The van der Waals surface area contributed by atoms with Crippen LogP contribution in [0.3, 0.4) is 0 Å². The summed E-state index contributed by atoms with van der Waals surface area (Å²) in [6.07, 6.45) is 0.799. The predicted molar refractivity (Wildman–Crippen MR) is 99.1 cm³/mol. The van der Waals surface area contributed by atoms with E-state index in [1.54, 1.807) is 41.7 Å². The van der Waals surface area contributed by atoms with Crippen LogP contribution in [0.2, 0.25) is 0 Å². The van der Waals surface area contributed by atoms with Crippen molar-refractivity contribution in [2.24, 2.45) is 0 Å². The SMILES string of the molecule is O=C(Nc1ccccc1C(=O)NCCc1cccs1)c1cccs1. The molecule has 3 rings (SSSR count). The molecule has 4 nitrogen and oxygen atoms in total. The van der Waals surface area contributed by atoms with Gasteiger partial charge in [0.15, 0.2) is 0 Å². The zero-order chi connectivity index (χ0) is 16.8. The van der Waals surface area contributed by atoms with E-state index in [-0.39, 0.29) is 11.8 Å². The van der Waals surface area contributed by atoms with Crippen molar-refractivity contribution in [3.05, 3.63) is 74.6 Å². The highest BCUT2D eigenvalue weighted by molar-refractivity contribution is 7.12. The fraction of sp³-hybridized carbons (Fsp3) is 0.111. The Labute approximate surface area is 148 Å². The third-order valence-corrected chi connectivity index (χ3v) is 5.21. The molecule has 2 aromatic heterocycles. The maximum absolute atomic E-state index is 12.4. The molecular formula is C18H16N2O2S2. The number of thiophene rings is 2. The summed E-state index contributed by atoms with van der Waals surface area (Å²) in [7, 11) is 0. The van der Waals surface area contributed by atoms with E-state index in [1.165, 1.54) is 16.2 Å². The normalized spacial score (nSPS) is 10.3. The molecule has 0 aliphatic rings. The minimum absolute atomic E-state index is 0.186. The van der Waals surface area contributed by atoms with Crippen LogP contribution in [-0.2, 0) is 6.42 Å². The van der Waals surface area contributed by atoms with E-state index < -0.39 is 0 Å². The second kappa shape index (κ2) is 7.90. The molecule has 0 saturated heterocycles. The summed E-state index contributed by atoms with van der Waals surface area (Å²) >= 11 is 3.04. The second-order valence-electron chi connectivity index (χ2n) is 5.06. The topological polar surface area (TPSA) is 58.2 Å². The molecule has 0 aliphatic carbocycles. The molecule has 0 bridgehead atoms. The number of nitrogens with one attached hydrogen (secondary N) is 2. The van der Waals surface area contributed by atoms with Crippen molar-refractivity contribution in [3.8, 4) is 0 Å². The lowest BCUT2D eigenvalue weighted by Crippen LogP contribution is -2.27. The van der Waals surface area contributed by atoms with Crippen LogP contribution < -0.4 is 10.6 Å². The summed E-state index contributed by atoms with van der Waals surface area (Å²) in [5.74, 6) is -0.391. The lowest BCUT2D eigenvalue weighted by Gasteiger charge is -2.10. The van der Waals surface area contributed by atoms with Gasteiger partial charge in [-0.3, -0.25) is 9.59 Å². The number of carbonyl (C=O) groups excluding carboxylic acids is 2. The molecule has 122 valence electrons. The lowest BCUT2D eigenvalue weighted by molar-refractivity contribution is 0.0955. The van der Waals surface area contributed by atoms with Gasteiger partial charge in [-0.25, -0.2) is 0 Å². The first-order chi connectivity index (χ1) is 11.7. The molecular weight excluding hydrogens is 340 g/mol. The number of hydrogen-bond donors (Lipinski definition) is 2. The number of benzene rings is 1. The molecule has 2 heterocycles. The highest BCUT2D eigenvalue weighted by Gasteiger charge is 2.14. The molecule has 0 atom stereocenters. The minimum atomic E-state index is -0.205. The zero-order valence-electron chi connectivity index (χ0n) is 12.8. The van der Waals surface area contributed by atoms with Crippen molar-refractivity contribution >= 4 is 40.2 Å². The van der Waals surface area contributed by atoms with Gasteiger partial charge in [0.2, 0.25) is 0 Å². The Morgan fingerprint density at radius 2 is 1.67 bits per heavy atom. The number of para-hydroxylation sites is 1. The second-order valence-corrected chi connectivity index (χ2v) is 7.04. The number of anilines is 1. The first-order valence-electron chi connectivity index (χ1n) is 7.48. The molecule has 2 amide bonds. The van der Waals surface area contributed by atoms with Gasteiger partial charge in [-0.1, -0.05) is 24.3 Å². The smallest absolute Gasteiger partial charge is 0.265 e. The van der Waals surface area contributed by atoms with Crippen LogP contribution in [0, 0.1) is 0 Å². The van der Waals surface area contributed by atoms with Gasteiger partial charge in [0.05, 0.1) is 16.1 Å². The summed E-state index contributed by atoms with van der Waals surface area (Å²) in [5, 5.41) is 9.58. The molecule has 0 aliphatic heterocycles. The summed E-state index contributed by atoms with van der Waals surface area (Å²) in [5.41, 5.74) is 0.984. The quantitative estimate of drug-likeness (QED) is 0.700. The molecule has 24 heavy (non-hydrogen) atoms. The van der Waals surface area contributed by atoms with Crippen LogP contribution in [0.4, 0.5) is 5.69 Å². The Hall–Kier alpha value is -2.44. The van der Waals surface area contributed by atoms with E-state index in [1.807, 2.05) is 29.0 Å². The number of rotatable bonds is 6. The average molecular weight is 356 g/mol. The van der Waals surface area contributed by atoms with E-state index in [0.717, 1.165) is 6.42 Å². The Kier molecular flexibility index (Phi) is 5.40. The van der Waals surface area contributed by atoms with Gasteiger partial charge in [0.1, 0.15) is 0 Å². The molecule has 3 aromatic rings. The lowest BCUT2D eigenvalue weighted by atomic mass is 10.1. The van der Waals surface area contributed by atoms with E-state index in [4.69, 9.17) is 0 Å². The van der Waals surface area contributed by atoms with Crippen molar-refractivity contribution in [1.29, 1.82) is 0 Å². The van der Waals surface area contributed by atoms with E-state index >= 15 is 0 Å². The number of hydrogen-bond acceptors (Lipinski definition) is 4. The van der Waals surface area contributed by atoms with Crippen molar-refractivity contribution < 1.29 is 9.59 Å². The summed E-state index contributed by atoms with van der Waals surface area (Å²) in [4.78, 5) is 26.4. The Bertz CT molecular complexity index is 811. The van der Waals surface area contributed by atoms with Gasteiger partial charge >= 0.3 is 0 Å². The van der Waals surface area contributed by atoms with Gasteiger partial charge in [0, 0.05) is 11.4 Å². The first kappa shape index (κ1) is 16.4. The van der Waals surface area contributed by atoms with E-state index in [9.17, 15) is 9.59 Å². The van der Waals surface area contributed by atoms with E-state index in [0.29, 0.717) is 22.7 Å². The fourth-order valence-corrected chi connectivity index (χ4v) is 3.56. The molecule has 2 N–H and O–H groups in total. The molecule has 0 spiro atoms. The molecule has 1 aromatic carbocycles. The van der Waals surface area contributed by atoms with Crippen molar-refractivity contribution in [2.45, 2.75) is 6.42 Å². The maximum Gasteiger partial charge on any atom is 0.265 e. The highest BCUT2D eigenvalue weighted by Crippen LogP contribution is 2.18. The molecule has 0 radical (unpaired) electrons. The molecule has 0 unspecified atom stereocenters. The maximum atomic E-state index is 12.4. The Balaban J connectivity index is 1.64. The summed E-state index contributed by atoms with van der Waals surface area (Å²) in [6.45, 7) is 0.562. The van der Waals surface area contributed by atoms with Crippen LogP contribution in [0.15, 0.2) is 59.3 Å². The van der Waals surface area contributed by atoms with Crippen LogP contribution in [0.5, 0.6) is 0 Å². The van der Waals surface area contributed by atoms with Gasteiger partial charge in [-0.2, -0.15) is 0 Å². The average Bonchev–Trinajstić information content (AvgIpc) is 3.29. The van der Waals surface area contributed by atoms with Crippen molar-refractivity contribution in [3.63, 3.8) is 0 Å². The first-order valence-corrected chi connectivity index (χ1v) is 9.24. The van der Waals surface area contributed by atoms with Crippen LogP contribution in [0.1, 0.15) is 24.9 Å². The third-order valence-electron chi connectivity index (χ3n) is 3.40. The minimum Gasteiger partial charge on any atom is -0.352 e. The van der Waals surface area contributed by atoms with Gasteiger partial charge < -0.3 is 10.6 Å². The molecule has 6 heteroatoms. The third kappa shape index (κ3) is 4.10. The predicted octanol–water partition coefficient (Wildman–Crippen LogP) is 4.03. The van der Waals surface area contributed by atoms with E-state index in [2.05, 4.69) is 10.6 Å². The Morgan fingerprint density at radius 1 is 0.875 bits per heavy atom. The standard InChI is InChI=1S/C18H16N2O2S2/c21-17(19-10-9-13-5-3-11-23-13)14-6-1-2-7-15(14)20-18(22)16-8-4-12-24-16/h1-8,11-12H,9-10H2,(H,19,21)(H,20,22). The van der Waals surface area contributed by atoms with Crippen molar-refractivity contribution in [2.75, 3.05) is 11.9 Å². The Morgan fingerprint density at radius 3 is 2.42 bits per heavy atom. The largest absolute Gasteiger partial charge is 0.352 e. The molecule has 0 saturated carbocycles. The van der Waals surface area contributed by atoms with Crippen LogP contribution in [-0.4, -0.2) is 18.4 Å². The van der Waals surface area contributed by atoms with Gasteiger partial charge in [-0.15, -0.1) is 22.7 Å². The van der Waals surface area contributed by atoms with Crippen LogP contribution >= 0.6 is 22.7 Å².